The Bertz CT molecular complexity index is 880. The highest BCUT2D eigenvalue weighted by Crippen LogP contribution is 2.16. The fourth-order valence-corrected chi connectivity index (χ4v) is 2.24. The van der Waals surface area contributed by atoms with E-state index in [0.717, 1.165) is 11.0 Å². The number of aromatic nitrogens is 4. The molecule has 5 nitrogen and oxygen atoms in total. The van der Waals surface area contributed by atoms with Gasteiger partial charge in [0, 0.05) is 7.05 Å². The Morgan fingerprint density at radius 1 is 1.21 bits per heavy atom. The van der Waals surface area contributed by atoms with Gasteiger partial charge in [-0.25, -0.2) is 9.55 Å². The van der Waals surface area contributed by atoms with Crippen molar-refractivity contribution in [3.63, 3.8) is 0 Å². The van der Waals surface area contributed by atoms with Crippen LogP contribution in [0.5, 0.6) is 0 Å². The van der Waals surface area contributed by atoms with Gasteiger partial charge in [0.25, 0.3) is 5.56 Å². The Kier molecular flexibility index (Phi) is 2.38. The lowest BCUT2D eigenvalue weighted by molar-refractivity contribution is -0.620. The van der Waals surface area contributed by atoms with E-state index in [1.54, 1.807) is 7.05 Å². The molecule has 3 aromatic rings. The molecule has 0 bridgehead atoms. The van der Waals surface area contributed by atoms with Crippen molar-refractivity contribution in [2.75, 3.05) is 0 Å². The predicted molar refractivity (Wildman–Crippen MR) is 72.9 cm³/mol. The number of benzene rings is 1. The quantitative estimate of drug-likeness (QED) is 0.443. The number of fused-ring (bicyclic) bond motifs is 2. The highest BCUT2D eigenvalue weighted by Gasteiger charge is 2.17. The highest BCUT2D eigenvalue weighted by molar-refractivity contribution is 5.80. The second-order valence-electron chi connectivity index (χ2n) is 4.93. The van der Waals surface area contributed by atoms with Crippen LogP contribution in [0, 0.1) is 13.8 Å². The third kappa shape index (κ3) is 1.62. The van der Waals surface area contributed by atoms with Crippen LogP contribution in [0.25, 0.3) is 22.2 Å². The molecule has 0 spiro atoms. The maximum atomic E-state index is 12.1. The van der Waals surface area contributed by atoms with Crippen molar-refractivity contribution in [3.05, 3.63) is 39.9 Å². The lowest BCUT2D eigenvalue weighted by atomic mass is 10.1. The van der Waals surface area contributed by atoms with E-state index in [0.29, 0.717) is 11.2 Å². The highest BCUT2D eigenvalue weighted by atomic mass is 16.1. The van der Waals surface area contributed by atoms with Gasteiger partial charge in [0.05, 0.1) is 7.05 Å². The number of nitrogens with zero attached hydrogens (tertiary/aromatic N) is 4. The van der Waals surface area contributed by atoms with Crippen LogP contribution in [0.4, 0.5) is 0 Å². The van der Waals surface area contributed by atoms with Gasteiger partial charge >= 0.3 is 5.65 Å². The molecule has 0 saturated carbocycles. The van der Waals surface area contributed by atoms with E-state index in [1.165, 1.54) is 22.0 Å². The maximum absolute atomic E-state index is 12.1. The Labute approximate surface area is 110 Å². The van der Waals surface area contributed by atoms with E-state index in [4.69, 9.17) is 0 Å². The summed E-state index contributed by atoms with van der Waals surface area (Å²) in [5.74, 6) is 0. The first kappa shape index (κ1) is 11.8. The van der Waals surface area contributed by atoms with Gasteiger partial charge in [-0.1, -0.05) is 0 Å². The van der Waals surface area contributed by atoms with Crippen LogP contribution in [0.15, 0.2) is 23.3 Å². The minimum atomic E-state index is -0.124. The van der Waals surface area contributed by atoms with Crippen molar-refractivity contribution in [2.24, 2.45) is 14.1 Å². The van der Waals surface area contributed by atoms with Crippen molar-refractivity contribution in [2.45, 2.75) is 13.8 Å². The maximum Gasteiger partial charge on any atom is 0.356 e. The van der Waals surface area contributed by atoms with Crippen LogP contribution < -0.4 is 10.1 Å². The Hall–Kier alpha value is -2.30. The Balaban J connectivity index is 2.60. The predicted octanol–water partition coefficient (Wildman–Crippen LogP) is 0.923. The van der Waals surface area contributed by atoms with E-state index in [2.05, 4.69) is 23.0 Å². The largest absolute Gasteiger partial charge is 0.356 e. The summed E-state index contributed by atoms with van der Waals surface area (Å²) in [4.78, 5) is 20.9. The summed E-state index contributed by atoms with van der Waals surface area (Å²) in [5.41, 5.74) is 5.07. The van der Waals surface area contributed by atoms with Crippen LogP contribution >= 0.6 is 0 Å². The molecule has 0 saturated heterocycles. The van der Waals surface area contributed by atoms with Crippen molar-refractivity contribution in [3.8, 4) is 0 Å². The lowest BCUT2D eigenvalue weighted by Gasteiger charge is -2.05. The summed E-state index contributed by atoms with van der Waals surface area (Å²) >= 11 is 0. The molecule has 3 rings (SSSR count). The summed E-state index contributed by atoms with van der Waals surface area (Å²) < 4.78 is 3.37. The lowest BCUT2D eigenvalue weighted by Crippen LogP contribution is -2.35. The van der Waals surface area contributed by atoms with Gasteiger partial charge in [-0.05, 0) is 42.1 Å². The molecule has 0 N–H and O–H groups in total. The SMILES string of the molecule is Cc1cc2nc3c(=O)n(C)cnc3[n+](C)c2cc1C. The average Bonchev–Trinajstić information content (AvgIpc) is 2.37. The van der Waals surface area contributed by atoms with Gasteiger partial charge in [0.2, 0.25) is 11.8 Å². The van der Waals surface area contributed by atoms with Gasteiger partial charge in [0.15, 0.2) is 5.52 Å². The molecule has 96 valence electrons. The van der Waals surface area contributed by atoms with E-state index in [1.807, 2.05) is 24.6 Å². The topological polar surface area (TPSA) is 51.7 Å². The standard InChI is InChI=1S/C14H15N4O/c1-8-5-10-11(6-9(8)2)18(4)13-12(16-10)14(19)17(3)7-15-13/h5-7H,1-4H3/q+1. The molecule has 0 aliphatic rings. The minimum absolute atomic E-state index is 0.124. The summed E-state index contributed by atoms with van der Waals surface area (Å²) in [6.07, 6.45) is 1.53. The van der Waals surface area contributed by atoms with E-state index in [9.17, 15) is 4.79 Å². The summed E-state index contributed by atoms with van der Waals surface area (Å²) in [6.45, 7) is 4.11. The Morgan fingerprint density at radius 3 is 2.63 bits per heavy atom. The van der Waals surface area contributed by atoms with E-state index >= 15 is 0 Å². The third-order valence-electron chi connectivity index (χ3n) is 3.59. The smallest absolute Gasteiger partial charge is 0.279 e. The van der Waals surface area contributed by atoms with Crippen LogP contribution in [-0.4, -0.2) is 14.5 Å². The zero-order chi connectivity index (χ0) is 13.7. The first-order chi connectivity index (χ1) is 8.99. The number of rotatable bonds is 0. The van der Waals surface area contributed by atoms with Crippen molar-refractivity contribution < 1.29 is 4.57 Å². The van der Waals surface area contributed by atoms with Gasteiger partial charge in [-0.3, -0.25) is 9.36 Å². The first-order valence-electron chi connectivity index (χ1n) is 6.11. The van der Waals surface area contributed by atoms with Crippen LogP contribution in [0.3, 0.4) is 0 Å². The van der Waals surface area contributed by atoms with Crippen LogP contribution in [-0.2, 0) is 14.1 Å². The minimum Gasteiger partial charge on any atom is -0.279 e. The van der Waals surface area contributed by atoms with Crippen molar-refractivity contribution in [1.29, 1.82) is 0 Å². The second-order valence-corrected chi connectivity index (χ2v) is 4.93. The fraction of sp³-hybridized carbons (Fsp3) is 0.286. The van der Waals surface area contributed by atoms with Crippen LogP contribution in [0.1, 0.15) is 11.1 Å². The molecule has 0 unspecified atom stereocenters. The molecule has 0 amide bonds. The summed E-state index contributed by atoms with van der Waals surface area (Å²) in [7, 11) is 3.59. The summed E-state index contributed by atoms with van der Waals surface area (Å²) in [6, 6.07) is 4.09. The molecule has 19 heavy (non-hydrogen) atoms. The average molecular weight is 255 g/mol. The van der Waals surface area contributed by atoms with Gasteiger partial charge in [0.1, 0.15) is 5.52 Å². The molecule has 0 aliphatic heterocycles. The monoisotopic (exact) mass is 255 g/mol. The molecule has 0 fully saturated rings. The zero-order valence-corrected chi connectivity index (χ0v) is 11.4. The first-order valence-corrected chi connectivity index (χ1v) is 6.11. The molecule has 0 atom stereocenters. The van der Waals surface area contributed by atoms with Gasteiger partial charge < -0.3 is 0 Å². The normalized spacial score (nSPS) is 11.4. The molecule has 0 radical (unpaired) electrons. The molecule has 2 aromatic heterocycles. The fourth-order valence-electron chi connectivity index (χ4n) is 2.24. The van der Waals surface area contributed by atoms with Crippen LogP contribution in [0.2, 0.25) is 0 Å². The number of hydrogen-bond acceptors (Lipinski definition) is 3. The molecule has 5 heteroatoms. The number of aryl methyl sites for hydroxylation is 4. The van der Waals surface area contributed by atoms with E-state index in [-0.39, 0.29) is 5.56 Å². The van der Waals surface area contributed by atoms with E-state index < -0.39 is 0 Å². The zero-order valence-electron chi connectivity index (χ0n) is 11.4. The molecule has 0 aliphatic carbocycles. The molecule has 2 heterocycles. The third-order valence-corrected chi connectivity index (χ3v) is 3.59. The molecular formula is C14H15N4O+. The van der Waals surface area contributed by atoms with Crippen molar-refractivity contribution >= 4 is 22.2 Å². The Morgan fingerprint density at radius 2 is 1.89 bits per heavy atom. The summed E-state index contributed by atoms with van der Waals surface area (Å²) in [5, 5.41) is 0. The van der Waals surface area contributed by atoms with Gasteiger partial charge in [-0.2, -0.15) is 0 Å². The molecular weight excluding hydrogens is 240 g/mol. The number of hydrogen-bond donors (Lipinski definition) is 0. The second kappa shape index (κ2) is 3.85. The van der Waals surface area contributed by atoms with Gasteiger partial charge in [-0.15, -0.1) is 0 Å². The molecule has 1 aromatic carbocycles. The van der Waals surface area contributed by atoms with Crippen molar-refractivity contribution in [1.82, 2.24) is 14.5 Å².